The smallest absolute Gasteiger partial charge is 0.343 e. The molecule has 1 atom stereocenters. The van der Waals surface area contributed by atoms with Crippen LogP contribution in [0.3, 0.4) is 0 Å². The molecule has 0 aliphatic carbocycles. The molecule has 6 nitrogen and oxygen atoms in total. The molecule has 0 aromatic heterocycles. The predicted molar refractivity (Wildman–Crippen MR) is 136 cm³/mol. The van der Waals surface area contributed by atoms with E-state index in [4.69, 9.17) is 14.2 Å². The van der Waals surface area contributed by atoms with Gasteiger partial charge in [-0.3, -0.25) is 0 Å². The molecule has 0 radical (unpaired) electrons. The maximum absolute atomic E-state index is 12.7. The van der Waals surface area contributed by atoms with Gasteiger partial charge in [0.15, 0.2) is 0 Å². The van der Waals surface area contributed by atoms with Gasteiger partial charge in [0.2, 0.25) is 0 Å². The number of rotatable bonds is 9. The number of ether oxygens (including phenoxy) is 3. The number of benzene rings is 3. The van der Waals surface area contributed by atoms with E-state index in [1.54, 1.807) is 6.07 Å². The molecule has 1 heterocycles. The van der Waals surface area contributed by atoms with Crippen LogP contribution in [-0.4, -0.2) is 29.7 Å². The average Bonchev–Trinajstić information content (AvgIpc) is 3.63. The summed E-state index contributed by atoms with van der Waals surface area (Å²) in [7, 11) is 0. The summed E-state index contributed by atoms with van der Waals surface area (Å²) in [6.07, 6.45) is 1.64. The quantitative estimate of drug-likeness (QED) is 0.184. The summed E-state index contributed by atoms with van der Waals surface area (Å²) in [5.74, 6) is 0.349. The topological polar surface area (TPSA) is 83.8 Å². The van der Waals surface area contributed by atoms with Crippen LogP contribution in [0.5, 0.6) is 11.5 Å². The molecule has 6 heteroatoms. The minimum Gasteiger partial charge on any atom is -0.488 e. The van der Waals surface area contributed by atoms with Crippen molar-refractivity contribution in [1.29, 1.82) is 0 Å². The molecule has 0 amide bonds. The van der Waals surface area contributed by atoms with Crippen LogP contribution < -0.4 is 14.8 Å². The van der Waals surface area contributed by atoms with E-state index in [-0.39, 0.29) is 0 Å². The van der Waals surface area contributed by atoms with E-state index in [1.807, 2.05) is 82.3 Å². The van der Waals surface area contributed by atoms with Crippen LogP contribution in [0.15, 0.2) is 73.3 Å². The van der Waals surface area contributed by atoms with Gasteiger partial charge in [0.1, 0.15) is 22.7 Å². The average molecular weight is 474 g/mol. The van der Waals surface area contributed by atoms with Gasteiger partial charge in [0, 0.05) is 25.1 Å². The molecule has 182 valence electrons. The Bertz CT molecular complexity index is 1260. The third-order valence-electron chi connectivity index (χ3n) is 5.74. The van der Waals surface area contributed by atoms with Crippen LogP contribution in [0.4, 0.5) is 0 Å². The van der Waals surface area contributed by atoms with Gasteiger partial charge < -0.3 is 19.5 Å². The summed E-state index contributed by atoms with van der Waals surface area (Å²) in [5, 5.41) is 5.09. The second kappa shape index (κ2) is 9.55. The molecular weight excluding hydrogens is 442 g/mol. The first-order valence-corrected chi connectivity index (χ1v) is 11.7. The van der Waals surface area contributed by atoms with Crippen molar-refractivity contribution in [2.24, 2.45) is 0 Å². The lowest BCUT2D eigenvalue weighted by molar-refractivity contribution is -0.154. The lowest BCUT2D eigenvalue weighted by atomic mass is 9.92. The molecule has 1 N–H and O–H groups in total. The van der Waals surface area contributed by atoms with Crippen LogP contribution in [0.25, 0.3) is 10.8 Å². The maximum atomic E-state index is 12.7. The standard InChI is InChI=1S/C29H31NO5/c1-6-26(31)35-29(4,5)18-28(2,3)34-24-14-11-20-15-22(8-7-21(20)16-24)27(32)33-23-12-9-19(10-13-23)25-17-30-25/h6-16,25,30H,1,17-18H2,2-5H3. The third-order valence-corrected chi connectivity index (χ3v) is 5.74. The van der Waals surface area contributed by atoms with Crippen molar-refractivity contribution in [3.8, 4) is 11.5 Å². The van der Waals surface area contributed by atoms with Crippen LogP contribution in [0.2, 0.25) is 0 Å². The predicted octanol–water partition coefficient (Wildman–Crippen LogP) is 5.76. The van der Waals surface area contributed by atoms with E-state index in [1.165, 1.54) is 5.56 Å². The molecule has 3 aromatic rings. The zero-order valence-electron chi connectivity index (χ0n) is 20.6. The van der Waals surface area contributed by atoms with Crippen molar-refractivity contribution in [2.45, 2.75) is 51.4 Å². The Kier molecular flexibility index (Phi) is 6.68. The Labute approximate surface area is 205 Å². The normalized spacial score (nSPS) is 15.4. The number of esters is 2. The van der Waals surface area contributed by atoms with Gasteiger partial charge in [-0.2, -0.15) is 0 Å². The summed E-state index contributed by atoms with van der Waals surface area (Å²) in [4.78, 5) is 24.3. The largest absolute Gasteiger partial charge is 0.488 e. The Balaban J connectivity index is 1.42. The molecule has 1 aliphatic heterocycles. The van der Waals surface area contributed by atoms with Gasteiger partial charge >= 0.3 is 11.9 Å². The fourth-order valence-electron chi connectivity index (χ4n) is 4.37. The van der Waals surface area contributed by atoms with Gasteiger partial charge in [-0.1, -0.05) is 30.8 Å². The van der Waals surface area contributed by atoms with Crippen molar-refractivity contribution in [3.63, 3.8) is 0 Å². The highest BCUT2D eigenvalue weighted by atomic mass is 16.6. The molecule has 1 fully saturated rings. The van der Waals surface area contributed by atoms with Crippen molar-refractivity contribution in [2.75, 3.05) is 6.54 Å². The number of hydrogen-bond donors (Lipinski definition) is 1. The second-order valence-corrected chi connectivity index (χ2v) is 10.1. The summed E-state index contributed by atoms with van der Waals surface area (Å²) in [5.41, 5.74) is 0.368. The van der Waals surface area contributed by atoms with Crippen LogP contribution in [0.1, 0.15) is 56.1 Å². The number of hydrogen-bond acceptors (Lipinski definition) is 6. The first-order valence-electron chi connectivity index (χ1n) is 11.7. The highest BCUT2D eigenvalue weighted by molar-refractivity contribution is 5.96. The molecular formula is C29H31NO5. The van der Waals surface area contributed by atoms with Gasteiger partial charge in [0.25, 0.3) is 0 Å². The van der Waals surface area contributed by atoms with E-state index in [9.17, 15) is 9.59 Å². The molecule has 0 spiro atoms. The molecule has 1 unspecified atom stereocenters. The molecule has 0 saturated carbocycles. The SMILES string of the molecule is C=CC(=O)OC(C)(C)CC(C)(C)Oc1ccc2cc(C(=O)Oc3ccc(C4CN4)cc3)ccc2c1. The molecule has 1 aliphatic rings. The van der Waals surface area contributed by atoms with Crippen molar-refractivity contribution >= 4 is 22.7 Å². The summed E-state index contributed by atoms with van der Waals surface area (Å²) >= 11 is 0. The van der Waals surface area contributed by atoms with Crippen LogP contribution in [0, 0.1) is 0 Å². The Hall–Kier alpha value is -3.64. The number of carbonyl (C=O) groups is 2. The molecule has 35 heavy (non-hydrogen) atoms. The Morgan fingerprint density at radius 3 is 2.23 bits per heavy atom. The lowest BCUT2D eigenvalue weighted by Crippen LogP contribution is -2.40. The fraction of sp³-hybridized carbons (Fsp3) is 0.310. The highest BCUT2D eigenvalue weighted by Crippen LogP contribution is 2.31. The summed E-state index contributed by atoms with van der Waals surface area (Å²) < 4.78 is 17.2. The fourth-order valence-corrected chi connectivity index (χ4v) is 4.37. The van der Waals surface area contributed by atoms with E-state index in [0.29, 0.717) is 29.5 Å². The van der Waals surface area contributed by atoms with E-state index < -0.39 is 23.1 Å². The van der Waals surface area contributed by atoms with Gasteiger partial charge in [-0.25, -0.2) is 9.59 Å². The van der Waals surface area contributed by atoms with Crippen molar-refractivity contribution in [3.05, 3.63) is 84.4 Å². The van der Waals surface area contributed by atoms with Gasteiger partial charge in [-0.05, 0) is 80.4 Å². The Morgan fingerprint density at radius 2 is 1.57 bits per heavy atom. The van der Waals surface area contributed by atoms with Crippen molar-refractivity contribution < 1.29 is 23.8 Å². The van der Waals surface area contributed by atoms with E-state index >= 15 is 0 Å². The minimum absolute atomic E-state index is 0.401. The molecule has 4 rings (SSSR count). The molecule has 3 aromatic carbocycles. The van der Waals surface area contributed by atoms with Gasteiger partial charge in [0.05, 0.1) is 5.56 Å². The number of nitrogens with one attached hydrogen (secondary N) is 1. The monoisotopic (exact) mass is 473 g/mol. The lowest BCUT2D eigenvalue weighted by Gasteiger charge is -2.34. The van der Waals surface area contributed by atoms with E-state index in [0.717, 1.165) is 23.4 Å². The Morgan fingerprint density at radius 1 is 0.943 bits per heavy atom. The van der Waals surface area contributed by atoms with E-state index in [2.05, 4.69) is 11.9 Å². The zero-order valence-corrected chi connectivity index (χ0v) is 20.6. The zero-order chi connectivity index (χ0) is 25.2. The first-order chi connectivity index (χ1) is 16.5. The van der Waals surface area contributed by atoms with Crippen molar-refractivity contribution in [1.82, 2.24) is 5.32 Å². The highest BCUT2D eigenvalue weighted by Gasteiger charge is 2.33. The van der Waals surface area contributed by atoms with Crippen LogP contribution >= 0.6 is 0 Å². The van der Waals surface area contributed by atoms with Crippen LogP contribution in [-0.2, 0) is 9.53 Å². The summed E-state index contributed by atoms with van der Waals surface area (Å²) in [6.45, 7) is 12.0. The second-order valence-electron chi connectivity index (χ2n) is 10.1. The first kappa shape index (κ1) is 24.5. The molecule has 1 saturated heterocycles. The number of fused-ring (bicyclic) bond motifs is 1. The third kappa shape index (κ3) is 6.49. The molecule has 0 bridgehead atoms. The number of carbonyl (C=O) groups excluding carboxylic acids is 2. The summed E-state index contributed by atoms with van der Waals surface area (Å²) in [6, 6.07) is 19.2. The van der Waals surface area contributed by atoms with Gasteiger partial charge in [-0.15, -0.1) is 0 Å². The maximum Gasteiger partial charge on any atom is 0.343 e. The minimum atomic E-state index is -0.712.